The molecule has 1 unspecified atom stereocenters. The Labute approximate surface area is 156 Å². The van der Waals surface area contributed by atoms with Crippen LogP contribution in [-0.2, 0) is 4.79 Å². The van der Waals surface area contributed by atoms with E-state index in [1.807, 2.05) is 13.0 Å². The maximum absolute atomic E-state index is 12.6. The van der Waals surface area contributed by atoms with Crippen LogP contribution < -0.4 is 5.32 Å². The van der Waals surface area contributed by atoms with Crippen molar-refractivity contribution in [2.75, 3.05) is 0 Å². The molecule has 134 valence electrons. The second-order valence-corrected chi connectivity index (χ2v) is 9.24. The van der Waals surface area contributed by atoms with Crippen molar-refractivity contribution in [1.29, 1.82) is 0 Å². The van der Waals surface area contributed by atoms with Crippen LogP contribution in [0.2, 0.25) is 0 Å². The third-order valence-corrected chi connectivity index (χ3v) is 6.84. The lowest BCUT2D eigenvalue weighted by atomic mass is 9.95. The lowest BCUT2D eigenvalue weighted by molar-refractivity contribution is -0.121. The molecule has 0 spiro atoms. The van der Waals surface area contributed by atoms with Crippen LogP contribution in [-0.4, -0.2) is 32.0 Å². The normalized spacial score (nSPS) is 19.7. The molecule has 1 N–H and O–H groups in total. The van der Waals surface area contributed by atoms with Gasteiger partial charge in [0.1, 0.15) is 0 Å². The SMILES string of the molecule is CC(Sc1nnc(-c2cccs2)n1C1CC1)C(=O)NC1CCCCC1. The first-order valence-electron chi connectivity index (χ1n) is 9.18. The number of carbonyl (C=O) groups excluding carboxylic acids is 1. The van der Waals surface area contributed by atoms with Crippen molar-refractivity contribution >= 4 is 29.0 Å². The summed E-state index contributed by atoms with van der Waals surface area (Å²) in [4.78, 5) is 13.7. The molecule has 2 fully saturated rings. The number of nitrogens with zero attached hydrogens (tertiary/aromatic N) is 3. The zero-order valence-corrected chi connectivity index (χ0v) is 16.1. The zero-order valence-electron chi connectivity index (χ0n) is 14.5. The average molecular weight is 377 g/mol. The number of carbonyl (C=O) groups is 1. The summed E-state index contributed by atoms with van der Waals surface area (Å²) in [5.74, 6) is 1.07. The molecule has 2 aromatic heterocycles. The molecule has 0 aliphatic heterocycles. The molecular formula is C18H24N4OS2. The van der Waals surface area contributed by atoms with E-state index in [-0.39, 0.29) is 11.2 Å². The van der Waals surface area contributed by atoms with Crippen LogP contribution in [0.1, 0.15) is 57.9 Å². The van der Waals surface area contributed by atoms with Crippen molar-refractivity contribution in [3.63, 3.8) is 0 Å². The number of amides is 1. The van der Waals surface area contributed by atoms with E-state index in [9.17, 15) is 4.79 Å². The molecule has 2 aromatic rings. The fourth-order valence-corrected chi connectivity index (χ4v) is 5.00. The molecular weight excluding hydrogens is 352 g/mol. The molecule has 7 heteroatoms. The highest BCUT2D eigenvalue weighted by molar-refractivity contribution is 8.00. The molecule has 0 radical (unpaired) electrons. The number of thiophene rings is 1. The Morgan fingerprint density at radius 2 is 2.08 bits per heavy atom. The number of rotatable bonds is 6. The van der Waals surface area contributed by atoms with E-state index in [1.165, 1.54) is 43.9 Å². The number of hydrogen-bond acceptors (Lipinski definition) is 5. The molecule has 5 nitrogen and oxygen atoms in total. The van der Waals surface area contributed by atoms with Crippen LogP contribution in [0.5, 0.6) is 0 Å². The monoisotopic (exact) mass is 376 g/mol. The Bertz CT molecular complexity index is 718. The van der Waals surface area contributed by atoms with E-state index in [4.69, 9.17) is 0 Å². The van der Waals surface area contributed by atoms with E-state index in [0.717, 1.165) is 28.7 Å². The molecule has 2 heterocycles. The van der Waals surface area contributed by atoms with Crippen molar-refractivity contribution in [2.45, 2.75) is 74.4 Å². The molecule has 25 heavy (non-hydrogen) atoms. The van der Waals surface area contributed by atoms with E-state index in [0.29, 0.717) is 12.1 Å². The third kappa shape index (κ3) is 3.92. The van der Waals surface area contributed by atoms with Gasteiger partial charge in [0, 0.05) is 12.1 Å². The molecule has 0 aromatic carbocycles. The second kappa shape index (κ2) is 7.50. The molecule has 2 aliphatic rings. The molecule has 2 aliphatic carbocycles. The van der Waals surface area contributed by atoms with E-state index in [2.05, 4.69) is 31.5 Å². The Morgan fingerprint density at radius 3 is 2.76 bits per heavy atom. The predicted octanol–water partition coefficient (Wildman–Crippen LogP) is 4.27. The quantitative estimate of drug-likeness (QED) is 0.765. The number of hydrogen-bond donors (Lipinski definition) is 1. The van der Waals surface area contributed by atoms with Gasteiger partial charge in [-0.15, -0.1) is 21.5 Å². The maximum atomic E-state index is 12.6. The Morgan fingerprint density at radius 1 is 1.28 bits per heavy atom. The van der Waals surface area contributed by atoms with Gasteiger partial charge in [-0.05, 0) is 44.1 Å². The average Bonchev–Trinajstić information content (AvgIpc) is 3.15. The smallest absolute Gasteiger partial charge is 0.233 e. The predicted molar refractivity (Wildman–Crippen MR) is 102 cm³/mol. The van der Waals surface area contributed by atoms with Gasteiger partial charge in [-0.2, -0.15) is 0 Å². The lowest BCUT2D eigenvalue weighted by Gasteiger charge is -2.24. The van der Waals surface area contributed by atoms with Gasteiger partial charge in [-0.1, -0.05) is 37.1 Å². The highest BCUT2D eigenvalue weighted by atomic mass is 32.2. The molecule has 0 saturated heterocycles. The van der Waals surface area contributed by atoms with E-state index >= 15 is 0 Å². The summed E-state index contributed by atoms with van der Waals surface area (Å²) >= 11 is 3.22. The maximum Gasteiger partial charge on any atom is 0.233 e. The second-order valence-electron chi connectivity index (χ2n) is 6.99. The molecule has 2 saturated carbocycles. The molecule has 1 amide bonds. The summed E-state index contributed by atoms with van der Waals surface area (Å²) in [6.07, 6.45) is 8.33. The van der Waals surface area contributed by atoms with Crippen LogP contribution in [0.15, 0.2) is 22.7 Å². The van der Waals surface area contributed by atoms with Gasteiger partial charge >= 0.3 is 0 Å². The standard InChI is InChI=1S/C18H24N4OS2/c1-12(17(23)19-13-6-3-2-4-7-13)25-18-21-20-16(15-8-5-11-24-15)22(18)14-9-10-14/h5,8,11-14H,2-4,6-7,9-10H2,1H3,(H,19,23). The topological polar surface area (TPSA) is 59.8 Å². The van der Waals surface area contributed by atoms with Gasteiger partial charge in [-0.25, -0.2) is 0 Å². The van der Waals surface area contributed by atoms with Crippen LogP contribution in [0.4, 0.5) is 0 Å². The first-order chi connectivity index (χ1) is 12.2. The minimum absolute atomic E-state index is 0.125. The number of aromatic nitrogens is 3. The number of nitrogens with one attached hydrogen (secondary N) is 1. The van der Waals surface area contributed by atoms with Crippen molar-refractivity contribution in [3.8, 4) is 10.7 Å². The lowest BCUT2D eigenvalue weighted by Crippen LogP contribution is -2.40. The Kier molecular flexibility index (Phi) is 5.12. The molecule has 1 atom stereocenters. The van der Waals surface area contributed by atoms with Crippen LogP contribution >= 0.6 is 23.1 Å². The summed E-state index contributed by atoms with van der Waals surface area (Å²) < 4.78 is 2.24. The summed E-state index contributed by atoms with van der Waals surface area (Å²) in [6.45, 7) is 1.97. The van der Waals surface area contributed by atoms with Crippen molar-refractivity contribution in [2.24, 2.45) is 0 Å². The Hall–Kier alpha value is -1.34. The summed E-state index contributed by atoms with van der Waals surface area (Å²) in [6, 6.07) is 4.97. The zero-order chi connectivity index (χ0) is 17.2. The summed E-state index contributed by atoms with van der Waals surface area (Å²) in [5.41, 5.74) is 0. The Balaban J connectivity index is 1.45. The first-order valence-corrected chi connectivity index (χ1v) is 10.9. The fraction of sp³-hybridized carbons (Fsp3) is 0.611. The third-order valence-electron chi connectivity index (χ3n) is 4.92. The minimum atomic E-state index is -0.153. The van der Waals surface area contributed by atoms with Crippen LogP contribution in [0.25, 0.3) is 10.7 Å². The van der Waals surface area contributed by atoms with E-state index in [1.54, 1.807) is 11.3 Å². The van der Waals surface area contributed by atoms with Gasteiger partial charge in [0.15, 0.2) is 11.0 Å². The van der Waals surface area contributed by atoms with Crippen LogP contribution in [0.3, 0.4) is 0 Å². The first kappa shape index (κ1) is 17.1. The molecule has 0 bridgehead atoms. The van der Waals surface area contributed by atoms with Gasteiger partial charge < -0.3 is 5.32 Å². The summed E-state index contributed by atoms with van der Waals surface area (Å²) in [7, 11) is 0. The largest absolute Gasteiger partial charge is 0.352 e. The van der Waals surface area contributed by atoms with Crippen molar-refractivity contribution in [3.05, 3.63) is 17.5 Å². The highest BCUT2D eigenvalue weighted by Gasteiger charge is 2.32. The van der Waals surface area contributed by atoms with Crippen molar-refractivity contribution < 1.29 is 4.79 Å². The molecule has 4 rings (SSSR count). The van der Waals surface area contributed by atoms with E-state index < -0.39 is 0 Å². The summed E-state index contributed by atoms with van der Waals surface area (Å²) in [5, 5.41) is 14.8. The van der Waals surface area contributed by atoms with Gasteiger partial charge in [-0.3, -0.25) is 9.36 Å². The van der Waals surface area contributed by atoms with Gasteiger partial charge in [0.2, 0.25) is 5.91 Å². The fourth-order valence-electron chi connectivity index (χ4n) is 3.37. The highest BCUT2D eigenvalue weighted by Crippen LogP contribution is 2.42. The van der Waals surface area contributed by atoms with Gasteiger partial charge in [0.25, 0.3) is 0 Å². The minimum Gasteiger partial charge on any atom is -0.352 e. The number of thioether (sulfide) groups is 1. The van der Waals surface area contributed by atoms with Gasteiger partial charge in [0.05, 0.1) is 10.1 Å². The van der Waals surface area contributed by atoms with Crippen molar-refractivity contribution in [1.82, 2.24) is 20.1 Å². The van der Waals surface area contributed by atoms with Crippen LogP contribution in [0, 0.1) is 0 Å².